The van der Waals surface area contributed by atoms with Crippen molar-refractivity contribution < 1.29 is 22.3 Å². The summed E-state index contributed by atoms with van der Waals surface area (Å²) in [7, 11) is 1.43. The molecular formula is C8H15F4NO. The van der Waals surface area contributed by atoms with Crippen LogP contribution in [0.25, 0.3) is 0 Å². The van der Waals surface area contributed by atoms with Crippen LogP contribution in [0.3, 0.4) is 0 Å². The van der Waals surface area contributed by atoms with E-state index < -0.39 is 24.8 Å². The Labute approximate surface area is 80.6 Å². The number of ether oxygens (including phenoxy) is 1. The molecular weight excluding hydrogens is 202 g/mol. The maximum Gasteiger partial charge on any atom is 0.266 e. The van der Waals surface area contributed by atoms with Gasteiger partial charge in [-0.2, -0.15) is 0 Å². The second-order valence-electron chi connectivity index (χ2n) is 3.27. The van der Waals surface area contributed by atoms with Gasteiger partial charge in [0.2, 0.25) is 0 Å². The lowest BCUT2D eigenvalue weighted by molar-refractivity contribution is -0.0986. The number of hydrogen-bond donors (Lipinski definition) is 1. The monoisotopic (exact) mass is 217 g/mol. The van der Waals surface area contributed by atoms with Crippen molar-refractivity contribution in [2.24, 2.45) is 0 Å². The van der Waals surface area contributed by atoms with Gasteiger partial charge in [-0.3, -0.25) is 0 Å². The minimum atomic E-state index is -3.38. The third-order valence-corrected chi connectivity index (χ3v) is 1.44. The smallest absolute Gasteiger partial charge is 0.266 e. The zero-order valence-electron chi connectivity index (χ0n) is 8.25. The van der Waals surface area contributed by atoms with Gasteiger partial charge >= 0.3 is 0 Å². The van der Waals surface area contributed by atoms with E-state index in [1.807, 2.05) is 0 Å². The van der Waals surface area contributed by atoms with Crippen LogP contribution in [-0.4, -0.2) is 38.7 Å². The van der Waals surface area contributed by atoms with Gasteiger partial charge in [0.1, 0.15) is 0 Å². The molecule has 0 aliphatic heterocycles. The van der Waals surface area contributed by atoms with E-state index in [4.69, 9.17) is 0 Å². The lowest BCUT2D eigenvalue weighted by Gasteiger charge is -2.20. The van der Waals surface area contributed by atoms with E-state index in [1.165, 1.54) is 7.11 Å². The van der Waals surface area contributed by atoms with Crippen LogP contribution in [0, 0.1) is 0 Å². The number of hydrogen-bond acceptors (Lipinski definition) is 2. The fourth-order valence-corrected chi connectivity index (χ4v) is 0.962. The molecule has 14 heavy (non-hydrogen) atoms. The summed E-state index contributed by atoms with van der Waals surface area (Å²) in [6.45, 7) is 0.232. The Morgan fingerprint density at radius 2 is 1.79 bits per heavy atom. The van der Waals surface area contributed by atoms with Crippen LogP contribution in [0.15, 0.2) is 0 Å². The van der Waals surface area contributed by atoms with Gasteiger partial charge in [0.15, 0.2) is 0 Å². The number of methoxy groups -OCH3 is 1. The highest BCUT2D eigenvalue weighted by molar-refractivity contribution is 4.76. The van der Waals surface area contributed by atoms with Gasteiger partial charge in [0, 0.05) is 13.7 Å². The average molecular weight is 217 g/mol. The minimum Gasteiger partial charge on any atom is -0.383 e. The van der Waals surface area contributed by atoms with Gasteiger partial charge in [-0.15, -0.1) is 0 Å². The van der Waals surface area contributed by atoms with Crippen LogP contribution in [-0.2, 0) is 4.74 Å². The van der Waals surface area contributed by atoms with Crippen molar-refractivity contribution in [3.63, 3.8) is 0 Å². The first-order valence-corrected chi connectivity index (χ1v) is 4.22. The quantitative estimate of drug-likeness (QED) is 0.519. The first-order valence-electron chi connectivity index (χ1n) is 4.22. The van der Waals surface area contributed by atoms with E-state index in [-0.39, 0.29) is 13.2 Å². The van der Waals surface area contributed by atoms with Gasteiger partial charge in [-0.25, -0.2) is 17.6 Å². The molecule has 0 rings (SSSR count). The predicted octanol–water partition coefficient (Wildman–Crippen LogP) is 1.90. The molecule has 2 nitrogen and oxygen atoms in total. The Hall–Kier alpha value is -0.360. The molecule has 0 bridgehead atoms. The second-order valence-corrected chi connectivity index (χ2v) is 3.27. The zero-order valence-corrected chi connectivity index (χ0v) is 8.25. The summed E-state index contributed by atoms with van der Waals surface area (Å²) in [6, 6.07) is 0. The summed E-state index contributed by atoms with van der Waals surface area (Å²) in [6.07, 6.45) is -1.43. The van der Waals surface area contributed by atoms with Crippen LogP contribution < -0.4 is 5.32 Å². The molecule has 0 fully saturated rings. The standard InChI is InChI=1S/C8H15F4NO/c1-7(9,10)5-8(11,12)6-13-3-4-14-2/h13H,3-6H2,1-2H3. The van der Waals surface area contributed by atoms with E-state index in [1.54, 1.807) is 0 Å². The third kappa shape index (κ3) is 8.25. The summed E-state index contributed by atoms with van der Waals surface area (Å²) < 4.78 is 54.7. The van der Waals surface area contributed by atoms with E-state index in [2.05, 4.69) is 10.1 Å². The van der Waals surface area contributed by atoms with Crippen molar-refractivity contribution in [3.8, 4) is 0 Å². The van der Waals surface area contributed by atoms with Gasteiger partial charge in [0.05, 0.1) is 19.6 Å². The molecule has 0 spiro atoms. The maximum absolute atomic E-state index is 12.8. The van der Waals surface area contributed by atoms with Crippen molar-refractivity contribution in [1.82, 2.24) is 5.32 Å². The van der Waals surface area contributed by atoms with Crippen molar-refractivity contribution in [2.75, 3.05) is 26.8 Å². The Morgan fingerprint density at radius 3 is 2.21 bits per heavy atom. The number of rotatable bonds is 7. The largest absolute Gasteiger partial charge is 0.383 e. The second kappa shape index (κ2) is 5.50. The van der Waals surface area contributed by atoms with Crippen molar-refractivity contribution in [3.05, 3.63) is 0 Å². The molecule has 0 amide bonds. The van der Waals surface area contributed by atoms with Gasteiger partial charge < -0.3 is 10.1 Å². The fourth-order valence-electron chi connectivity index (χ4n) is 0.962. The Kier molecular flexibility index (Phi) is 5.36. The van der Waals surface area contributed by atoms with Crippen LogP contribution >= 0.6 is 0 Å². The minimum absolute atomic E-state index is 0.224. The molecule has 0 aromatic carbocycles. The number of halogens is 4. The molecule has 0 heterocycles. The summed E-state index contributed by atoms with van der Waals surface area (Å²) in [4.78, 5) is 0. The summed E-state index contributed by atoms with van der Waals surface area (Å²) in [5, 5.41) is 2.34. The van der Waals surface area contributed by atoms with Gasteiger partial charge in [-0.05, 0) is 6.92 Å². The topological polar surface area (TPSA) is 21.3 Å². The highest BCUT2D eigenvalue weighted by atomic mass is 19.3. The van der Waals surface area contributed by atoms with Crippen molar-refractivity contribution in [2.45, 2.75) is 25.2 Å². The number of nitrogens with one attached hydrogen (secondary N) is 1. The molecule has 0 aliphatic carbocycles. The van der Waals surface area contributed by atoms with Crippen LogP contribution in [0.4, 0.5) is 17.6 Å². The molecule has 0 unspecified atom stereocenters. The Balaban J connectivity index is 3.72. The fraction of sp³-hybridized carbons (Fsp3) is 1.00. The highest BCUT2D eigenvalue weighted by Crippen LogP contribution is 2.29. The summed E-state index contributed by atoms with van der Waals surface area (Å²) in [5.41, 5.74) is 0. The van der Waals surface area contributed by atoms with Crippen molar-refractivity contribution in [1.29, 1.82) is 0 Å². The molecule has 0 saturated heterocycles. The van der Waals surface area contributed by atoms with Crippen LogP contribution in [0.1, 0.15) is 13.3 Å². The molecule has 0 aromatic rings. The molecule has 6 heteroatoms. The third-order valence-electron chi connectivity index (χ3n) is 1.44. The number of alkyl halides is 4. The van der Waals surface area contributed by atoms with E-state index in [0.29, 0.717) is 6.92 Å². The molecule has 0 saturated carbocycles. The molecule has 0 aromatic heterocycles. The molecule has 0 atom stereocenters. The van der Waals surface area contributed by atoms with E-state index in [0.717, 1.165) is 0 Å². The first kappa shape index (κ1) is 13.6. The van der Waals surface area contributed by atoms with E-state index >= 15 is 0 Å². The average Bonchev–Trinajstić information content (AvgIpc) is 1.93. The van der Waals surface area contributed by atoms with E-state index in [9.17, 15) is 17.6 Å². The first-order chi connectivity index (χ1) is 6.27. The van der Waals surface area contributed by atoms with Crippen molar-refractivity contribution >= 4 is 0 Å². The summed E-state index contributed by atoms with van der Waals surface area (Å²) in [5.74, 6) is -6.72. The summed E-state index contributed by atoms with van der Waals surface area (Å²) >= 11 is 0. The van der Waals surface area contributed by atoms with Crippen LogP contribution in [0.2, 0.25) is 0 Å². The highest BCUT2D eigenvalue weighted by Gasteiger charge is 2.39. The Morgan fingerprint density at radius 1 is 1.21 bits per heavy atom. The molecule has 0 aliphatic rings. The van der Waals surface area contributed by atoms with Gasteiger partial charge in [0.25, 0.3) is 11.8 Å². The van der Waals surface area contributed by atoms with Gasteiger partial charge in [-0.1, -0.05) is 0 Å². The maximum atomic E-state index is 12.8. The predicted molar refractivity (Wildman–Crippen MR) is 44.9 cm³/mol. The Bertz CT molecular complexity index is 158. The zero-order chi connectivity index (χ0) is 11.2. The SMILES string of the molecule is COCCNCC(F)(F)CC(C)(F)F. The van der Waals surface area contributed by atoms with Crippen LogP contribution in [0.5, 0.6) is 0 Å². The molecule has 0 radical (unpaired) electrons. The lowest BCUT2D eigenvalue weighted by atomic mass is 10.1. The lowest BCUT2D eigenvalue weighted by Crippen LogP contribution is -2.38. The molecule has 86 valence electrons. The molecule has 1 N–H and O–H groups in total. The normalized spacial score (nSPS) is 13.3.